The first-order valence-electron chi connectivity index (χ1n) is 6.45. The summed E-state index contributed by atoms with van der Waals surface area (Å²) >= 11 is 1.64. The third-order valence-corrected chi connectivity index (χ3v) is 3.83. The van der Waals surface area contributed by atoms with Crippen LogP contribution in [-0.2, 0) is 0 Å². The van der Waals surface area contributed by atoms with Crippen LogP contribution in [0.1, 0.15) is 17.5 Å². The molecule has 0 unspecified atom stereocenters. The molecule has 0 fully saturated rings. The maximum Gasteiger partial charge on any atom is 0.0992 e. The number of rotatable bonds is 4. The third kappa shape index (κ3) is 3.38. The second kappa shape index (κ2) is 7.09. The van der Waals surface area contributed by atoms with E-state index in [0.717, 1.165) is 29.1 Å². The van der Waals surface area contributed by atoms with Crippen molar-refractivity contribution >= 4 is 23.7 Å². The number of benzene rings is 1. The van der Waals surface area contributed by atoms with E-state index in [2.05, 4.69) is 28.5 Å². The first-order valence-corrected chi connectivity index (χ1v) is 7.67. The number of thioether (sulfide) groups is 1. The number of aliphatic imine (C=N–C) groups is 1. The van der Waals surface area contributed by atoms with Gasteiger partial charge >= 0.3 is 0 Å². The molecule has 1 aliphatic heterocycles. The normalized spacial score (nSPS) is 14.2. The Labute approximate surface area is 124 Å². The monoisotopic (exact) mass is 283 g/mol. The fourth-order valence-corrected chi connectivity index (χ4v) is 2.69. The van der Waals surface area contributed by atoms with Crippen molar-refractivity contribution in [2.45, 2.75) is 11.3 Å². The summed E-state index contributed by atoms with van der Waals surface area (Å²) in [7, 11) is 1.93. The van der Waals surface area contributed by atoms with Crippen molar-refractivity contribution < 1.29 is 0 Å². The minimum atomic E-state index is 0.685. The van der Waals surface area contributed by atoms with E-state index in [-0.39, 0.29) is 0 Å². The average molecular weight is 283 g/mol. The Morgan fingerprint density at radius 1 is 1.40 bits per heavy atom. The molecule has 1 aromatic rings. The van der Waals surface area contributed by atoms with Crippen molar-refractivity contribution in [3.05, 3.63) is 47.1 Å². The maximum absolute atomic E-state index is 8.98. The molecule has 102 valence electrons. The van der Waals surface area contributed by atoms with Gasteiger partial charge in [0.25, 0.3) is 0 Å². The van der Waals surface area contributed by atoms with E-state index in [4.69, 9.17) is 5.26 Å². The van der Waals surface area contributed by atoms with E-state index < -0.39 is 0 Å². The summed E-state index contributed by atoms with van der Waals surface area (Å²) in [6, 6.07) is 7.93. The van der Waals surface area contributed by atoms with Crippen molar-refractivity contribution in [1.29, 1.82) is 5.26 Å². The first kappa shape index (κ1) is 14.6. The Morgan fingerprint density at radius 2 is 2.25 bits per heavy atom. The summed E-state index contributed by atoms with van der Waals surface area (Å²) in [5, 5.41) is 12.1. The summed E-state index contributed by atoms with van der Waals surface area (Å²) in [6.07, 6.45) is 9.11. The maximum atomic E-state index is 8.98. The van der Waals surface area contributed by atoms with Crippen molar-refractivity contribution in [1.82, 2.24) is 5.32 Å². The molecule has 0 atom stereocenters. The molecule has 0 aromatic heterocycles. The van der Waals surface area contributed by atoms with Crippen LogP contribution in [-0.4, -0.2) is 26.1 Å². The van der Waals surface area contributed by atoms with Gasteiger partial charge in [0, 0.05) is 23.2 Å². The molecule has 1 heterocycles. The molecule has 0 spiro atoms. The summed E-state index contributed by atoms with van der Waals surface area (Å²) in [5.74, 6) is 0. The largest absolute Gasteiger partial charge is 0.316 e. The SMILES string of the molecule is CNCC1=CCC=C(c2ccc(C#N)cc2SC)N=C1. The fourth-order valence-electron chi connectivity index (χ4n) is 2.05. The minimum Gasteiger partial charge on any atom is -0.316 e. The lowest BCUT2D eigenvalue weighted by molar-refractivity contribution is 0.902. The molecule has 1 aromatic carbocycles. The van der Waals surface area contributed by atoms with Crippen LogP contribution in [0.4, 0.5) is 0 Å². The predicted octanol–water partition coefficient (Wildman–Crippen LogP) is 3.24. The smallest absolute Gasteiger partial charge is 0.0992 e. The Hall–Kier alpha value is -1.83. The number of likely N-dealkylation sites (N-methyl/N-ethyl adjacent to an activating group) is 1. The third-order valence-electron chi connectivity index (χ3n) is 3.05. The molecule has 0 bridgehead atoms. The first-order chi connectivity index (χ1) is 9.78. The Kier molecular flexibility index (Phi) is 5.16. The van der Waals surface area contributed by atoms with Crippen LogP contribution < -0.4 is 5.32 Å². The zero-order chi connectivity index (χ0) is 14.4. The van der Waals surface area contributed by atoms with Crippen LogP contribution in [0, 0.1) is 11.3 Å². The van der Waals surface area contributed by atoms with Crippen LogP contribution in [0.15, 0.2) is 45.8 Å². The highest BCUT2D eigenvalue weighted by Crippen LogP contribution is 2.29. The van der Waals surface area contributed by atoms with Gasteiger partial charge < -0.3 is 5.32 Å². The van der Waals surface area contributed by atoms with E-state index in [0.29, 0.717) is 5.56 Å². The number of nitriles is 1. The quantitative estimate of drug-likeness (QED) is 0.863. The van der Waals surface area contributed by atoms with Crippen molar-refractivity contribution in [2.75, 3.05) is 19.8 Å². The molecule has 0 radical (unpaired) electrons. The summed E-state index contributed by atoms with van der Waals surface area (Å²) in [5.41, 5.74) is 3.94. The van der Waals surface area contributed by atoms with Crippen LogP contribution in [0.5, 0.6) is 0 Å². The number of allylic oxidation sites excluding steroid dienone is 2. The standard InChI is InChI=1S/C16H17N3S/c1-18-10-13-4-3-5-15(19-11-13)14-7-6-12(9-17)8-16(14)20-2/h4-8,11,18H,3,10H2,1-2H3. The molecule has 2 rings (SSSR count). The minimum absolute atomic E-state index is 0.685. The highest BCUT2D eigenvalue weighted by atomic mass is 32.2. The highest BCUT2D eigenvalue weighted by molar-refractivity contribution is 7.98. The number of nitrogens with zero attached hydrogens (tertiary/aromatic N) is 2. The molecule has 0 amide bonds. The second-order valence-corrected chi connectivity index (χ2v) is 5.27. The number of nitrogens with one attached hydrogen (secondary N) is 1. The molecular formula is C16H17N3S. The van der Waals surface area contributed by atoms with Gasteiger partial charge in [-0.2, -0.15) is 5.26 Å². The van der Waals surface area contributed by atoms with Gasteiger partial charge in [0.1, 0.15) is 0 Å². The molecule has 0 aliphatic carbocycles. The summed E-state index contributed by atoms with van der Waals surface area (Å²) < 4.78 is 0. The van der Waals surface area contributed by atoms with Gasteiger partial charge in [-0.3, -0.25) is 4.99 Å². The van der Waals surface area contributed by atoms with Crippen LogP contribution in [0.2, 0.25) is 0 Å². The van der Waals surface area contributed by atoms with E-state index in [1.54, 1.807) is 11.8 Å². The van der Waals surface area contributed by atoms with E-state index in [1.807, 2.05) is 37.7 Å². The lowest BCUT2D eigenvalue weighted by Crippen LogP contribution is -2.10. The molecule has 3 nitrogen and oxygen atoms in total. The van der Waals surface area contributed by atoms with Gasteiger partial charge in [-0.05, 0) is 37.4 Å². The van der Waals surface area contributed by atoms with E-state index in [1.165, 1.54) is 5.57 Å². The van der Waals surface area contributed by atoms with Crippen LogP contribution in [0.3, 0.4) is 0 Å². The zero-order valence-electron chi connectivity index (χ0n) is 11.7. The lowest BCUT2D eigenvalue weighted by Gasteiger charge is -2.08. The van der Waals surface area contributed by atoms with E-state index in [9.17, 15) is 0 Å². The molecule has 0 saturated heterocycles. The Bertz CT molecular complexity index is 621. The molecule has 0 saturated carbocycles. The Morgan fingerprint density at radius 3 is 2.95 bits per heavy atom. The molecule has 1 N–H and O–H groups in total. The van der Waals surface area contributed by atoms with Crippen molar-refractivity contribution in [3.63, 3.8) is 0 Å². The van der Waals surface area contributed by atoms with Crippen LogP contribution >= 0.6 is 11.8 Å². The summed E-state index contributed by atoms with van der Waals surface area (Å²) in [6.45, 7) is 0.827. The Balaban J connectivity index is 2.32. The fraction of sp³-hybridized carbons (Fsp3) is 0.250. The van der Waals surface area contributed by atoms with E-state index >= 15 is 0 Å². The summed E-state index contributed by atoms with van der Waals surface area (Å²) in [4.78, 5) is 5.68. The topological polar surface area (TPSA) is 48.2 Å². The van der Waals surface area contributed by atoms with Gasteiger partial charge in [-0.15, -0.1) is 11.8 Å². The second-order valence-electron chi connectivity index (χ2n) is 4.42. The predicted molar refractivity (Wildman–Crippen MR) is 86.0 cm³/mol. The lowest BCUT2D eigenvalue weighted by atomic mass is 10.1. The number of hydrogen-bond donors (Lipinski definition) is 1. The van der Waals surface area contributed by atoms with Gasteiger partial charge in [-0.1, -0.05) is 18.2 Å². The molecule has 20 heavy (non-hydrogen) atoms. The number of hydrogen-bond acceptors (Lipinski definition) is 4. The molecular weight excluding hydrogens is 266 g/mol. The van der Waals surface area contributed by atoms with Gasteiger partial charge in [-0.25, -0.2) is 0 Å². The molecule has 1 aliphatic rings. The van der Waals surface area contributed by atoms with Gasteiger partial charge in [0.15, 0.2) is 0 Å². The zero-order valence-corrected chi connectivity index (χ0v) is 12.5. The van der Waals surface area contributed by atoms with Crippen molar-refractivity contribution in [3.8, 4) is 6.07 Å². The molecule has 4 heteroatoms. The van der Waals surface area contributed by atoms with Gasteiger partial charge in [0.05, 0.1) is 17.3 Å². The van der Waals surface area contributed by atoms with Gasteiger partial charge in [0.2, 0.25) is 0 Å². The van der Waals surface area contributed by atoms with Crippen molar-refractivity contribution in [2.24, 2.45) is 4.99 Å². The van der Waals surface area contributed by atoms with Crippen LogP contribution in [0.25, 0.3) is 5.70 Å². The average Bonchev–Trinajstić information content (AvgIpc) is 2.72. The highest BCUT2D eigenvalue weighted by Gasteiger charge is 2.09.